The maximum Gasteiger partial charge on any atom is 0.0131 e. The van der Waals surface area contributed by atoms with Crippen LogP contribution >= 0.6 is 0 Å². The molecule has 80 valence electrons. The van der Waals surface area contributed by atoms with Gasteiger partial charge in [0.05, 0.1) is 0 Å². The van der Waals surface area contributed by atoms with Crippen LogP contribution in [-0.2, 0) is 6.42 Å². The van der Waals surface area contributed by atoms with Crippen LogP contribution in [0.1, 0.15) is 11.1 Å². The molecular weight excluding hydrogens is 194 g/mol. The molecule has 0 fully saturated rings. The smallest absolute Gasteiger partial charge is 0.0131 e. The van der Waals surface area contributed by atoms with Gasteiger partial charge in [0.2, 0.25) is 0 Å². The lowest BCUT2D eigenvalue weighted by atomic mass is 10.1. The highest BCUT2D eigenvalue weighted by atomic mass is 14.6. The minimum Gasteiger partial charge on any atom is -0.402 e. The van der Waals surface area contributed by atoms with E-state index in [0.717, 1.165) is 17.7 Å². The molecular formula is C15H15N. The zero-order valence-electron chi connectivity index (χ0n) is 9.14. The topological polar surface area (TPSA) is 26.0 Å². The average Bonchev–Trinajstić information content (AvgIpc) is 2.31. The van der Waals surface area contributed by atoms with Crippen LogP contribution in [0.4, 0.5) is 0 Å². The van der Waals surface area contributed by atoms with Gasteiger partial charge in [-0.1, -0.05) is 60.7 Å². The van der Waals surface area contributed by atoms with Crippen LogP contribution in [0.5, 0.6) is 0 Å². The van der Waals surface area contributed by atoms with Gasteiger partial charge < -0.3 is 5.73 Å². The summed E-state index contributed by atoms with van der Waals surface area (Å²) in [6.45, 7) is 0. The van der Waals surface area contributed by atoms with Crippen LogP contribution in [0.15, 0.2) is 66.4 Å². The lowest BCUT2D eigenvalue weighted by Gasteiger charge is -2.02. The molecule has 0 saturated carbocycles. The third kappa shape index (κ3) is 2.99. The highest BCUT2D eigenvalue weighted by Crippen LogP contribution is 2.08. The summed E-state index contributed by atoms with van der Waals surface area (Å²) in [7, 11) is 0. The molecule has 2 aromatic rings. The van der Waals surface area contributed by atoms with Gasteiger partial charge in [-0.05, 0) is 17.2 Å². The molecule has 16 heavy (non-hydrogen) atoms. The zero-order valence-corrected chi connectivity index (χ0v) is 9.14. The van der Waals surface area contributed by atoms with Crippen molar-refractivity contribution in [3.05, 3.63) is 77.5 Å². The van der Waals surface area contributed by atoms with E-state index in [9.17, 15) is 0 Å². The van der Waals surface area contributed by atoms with Crippen LogP contribution < -0.4 is 5.73 Å². The first-order chi connectivity index (χ1) is 7.84. The van der Waals surface area contributed by atoms with Gasteiger partial charge in [0.25, 0.3) is 0 Å². The van der Waals surface area contributed by atoms with Crippen molar-refractivity contribution in [3.63, 3.8) is 0 Å². The summed E-state index contributed by atoms with van der Waals surface area (Å²) in [4.78, 5) is 0. The van der Waals surface area contributed by atoms with Crippen LogP contribution in [0.2, 0.25) is 0 Å². The average molecular weight is 209 g/mol. The summed E-state index contributed by atoms with van der Waals surface area (Å²) < 4.78 is 0. The van der Waals surface area contributed by atoms with E-state index >= 15 is 0 Å². The van der Waals surface area contributed by atoms with Crippen molar-refractivity contribution in [2.24, 2.45) is 5.73 Å². The third-order valence-electron chi connectivity index (χ3n) is 2.40. The Morgan fingerprint density at radius 3 is 2.06 bits per heavy atom. The molecule has 0 aliphatic carbocycles. The zero-order chi connectivity index (χ0) is 11.2. The number of nitrogens with two attached hydrogens (primary N) is 1. The summed E-state index contributed by atoms with van der Waals surface area (Å²) in [6.07, 6.45) is 2.82. The van der Waals surface area contributed by atoms with Gasteiger partial charge in [-0.25, -0.2) is 0 Å². The van der Waals surface area contributed by atoms with Crippen molar-refractivity contribution >= 4 is 6.08 Å². The number of hydrogen-bond donors (Lipinski definition) is 1. The molecule has 0 saturated heterocycles. The normalized spacial score (nSPS) is 11.4. The van der Waals surface area contributed by atoms with E-state index in [1.54, 1.807) is 0 Å². The Hall–Kier alpha value is -2.02. The van der Waals surface area contributed by atoms with E-state index in [1.165, 1.54) is 5.56 Å². The number of rotatable bonds is 3. The molecule has 0 unspecified atom stereocenters. The lowest BCUT2D eigenvalue weighted by Crippen LogP contribution is -2.00. The van der Waals surface area contributed by atoms with E-state index in [-0.39, 0.29) is 0 Å². The van der Waals surface area contributed by atoms with E-state index in [1.807, 2.05) is 42.5 Å². The van der Waals surface area contributed by atoms with Crippen molar-refractivity contribution < 1.29 is 0 Å². The van der Waals surface area contributed by atoms with Crippen molar-refractivity contribution in [2.45, 2.75) is 6.42 Å². The van der Waals surface area contributed by atoms with E-state index in [4.69, 9.17) is 5.73 Å². The van der Waals surface area contributed by atoms with Crippen LogP contribution in [-0.4, -0.2) is 0 Å². The van der Waals surface area contributed by atoms with Crippen molar-refractivity contribution in [3.8, 4) is 0 Å². The molecule has 2 aromatic carbocycles. The number of hydrogen-bond acceptors (Lipinski definition) is 1. The largest absolute Gasteiger partial charge is 0.402 e. The molecule has 1 nitrogen and oxygen atoms in total. The highest BCUT2D eigenvalue weighted by Gasteiger charge is 1.94. The second-order valence-electron chi connectivity index (χ2n) is 3.79. The monoisotopic (exact) mass is 209 g/mol. The van der Waals surface area contributed by atoms with Crippen LogP contribution in [0, 0.1) is 0 Å². The molecule has 0 bridgehead atoms. The second kappa shape index (κ2) is 5.17. The summed E-state index contributed by atoms with van der Waals surface area (Å²) in [5, 5.41) is 0. The van der Waals surface area contributed by atoms with Gasteiger partial charge in [0.1, 0.15) is 0 Å². The molecule has 2 rings (SSSR count). The Balaban J connectivity index is 2.09. The first-order valence-electron chi connectivity index (χ1n) is 5.39. The quantitative estimate of drug-likeness (QED) is 0.825. The molecule has 0 spiro atoms. The molecule has 0 aliphatic rings. The summed E-state index contributed by atoms with van der Waals surface area (Å²) in [6, 6.07) is 20.4. The fourth-order valence-corrected chi connectivity index (χ4v) is 1.65. The molecule has 1 heteroatoms. The Kier molecular flexibility index (Phi) is 3.39. The Labute approximate surface area is 96.2 Å². The SMILES string of the molecule is NC(=Cc1ccccc1)Cc1ccccc1. The Bertz CT molecular complexity index is 457. The minimum absolute atomic E-state index is 0.801. The Morgan fingerprint density at radius 1 is 0.875 bits per heavy atom. The molecule has 0 aliphatic heterocycles. The molecule has 0 amide bonds. The van der Waals surface area contributed by atoms with Crippen LogP contribution in [0.3, 0.4) is 0 Å². The first kappa shape index (κ1) is 10.5. The van der Waals surface area contributed by atoms with Gasteiger partial charge in [-0.2, -0.15) is 0 Å². The van der Waals surface area contributed by atoms with Gasteiger partial charge in [-0.3, -0.25) is 0 Å². The van der Waals surface area contributed by atoms with Gasteiger partial charge in [-0.15, -0.1) is 0 Å². The number of benzene rings is 2. The van der Waals surface area contributed by atoms with Crippen molar-refractivity contribution in [2.75, 3.05) is 0 Å². The predicted molar refractivity (Wildman–Crippen MR) is 68.8 cm³/mol. The van der Waals surface area contributed by atoms with E-state index < -0.39 is 0 Å². The van der Waals surface area contributed by atoms with Gasteiger partial charge in [0.15, 0.2) is 0 Å². The lowest BCUT2D eigenvalue weighted by molar-refractivity contribution is 1.12. The molecule has 0 heterocycles. The summed E-state index contributed by atoms with van der Waals surface area (Å²) >= 11 is 0. The van der Waals surface area contributed by atoms with Gasteiger partial charge in [0, 0.05) is 12.1 Å². The maximum atomic E-state index is 6.00. The first-order valence-corrected chi connectivity index (χ1v) is 5.39. The highest BCUT2D eigenvalue weighted by molar-refractivity contribution is 5.52. The molecule has 0 atom stereocenters. The van der Waals surface area contributed by atoms with E-state index in [2.05, 4.69) is 24.3 Å². The van der Waals surface area contributed by atoms with Crippen LogP contribution in [0.25, 0.3) is 6.08 Å². The standard InChI is InChI=1S/C15H15N/c16-15(11-13-7-3-1-4-8-13)12-14-9-5-2-6-10-14/h1-11H,12,16H2. The molecule has 2 N–H and O–H groups in total. The third-order valence-corrected chi connectivity index (χ3v) is 2.40. The summed E-state index contributed by atoms with van der Waals surface area (Å²) in [5.41, 5.74) is 9.28. The number of allylic oxidation sites excluding steroid dienone is 1. The fraction of sp³-hybridized carbons (Fsp3) is 0.0667. The summed E-state index contributed by atoms with van der Waals surface area (Å²) in [5.74, 6) is 0. The minimum atomic E-state index is 0.801. The van der Waals surface area contributed by atoms with Crippen molar-refractivity contribution in [1.29, 1.82) is 0 Å². The molecule has 0 radical (unpaired) electrons. The predicted octanol–water partition coefficient (Wildman–Crippen LogP) is 3.23. The van der Waals surface area contributed by atoms with Crippen molar-refractivity contribution in [1.82, 2.24) is 0 Å². The molecule has 0 aromatic heterocycles. The van der Waals surface area contributed by atoms with Gasteiger partial charge >= 0.3 is 0 Å². The van der Waals surface area contributed by atoms with E-state index in [0.29, 0.717) is 0 Å². The second-order valence-corrected chi connectivity index (χ2v) is 3.79. The fourth-order valence-electron chi connectivity index (χ4n) is 1.65. The Morgan fingerprint density at radius 2 is 1.44 bits per heavy atom. The maximum absolute atomic E-state index is 6.00.